The number of hydrogen-bond donors (Lipinski definition) is 1. The smallest absolute Gasteiger partial charge is 0.0673 e. The third-order valence-electron chi connectivity index (χ3n) is 3.51. The molecule has 2 aromatic heterocycles. The molecule has 0 radical (unpaired) electrons. The summed E-state index contributed by atoms with van der Waals surface area (Å²) in [6.07, 6.45) is 3.96. The van der Waals surface area contributed by atoms with Gasteiger partial charge in [0.1, 0.15) is 0 Å². The van der Waals surface area contributed by atoms with Crippen LogP contribution in [0.4, 0.5) is 0 Å². The van der Waals surface area contributed by atoms with E-state index in [-0.39, 0.29) is 6.04 Å². The highest BCUT2D eigenvalue weighted by Crippen LogP contribution is 2.26. The Morgan fingerprint density at radius 2 is 2.05 bits per heavy atom. The first-order valence-corrected chi connectivity index (χ1v) is 7.91. The van der Waals surface area contributed by atoms with Crippen LogP contribution in [0.15, 0.2) is 54.2 Å². The van der Waals surface area contributed by atoms with Gasteiger partial charge in [0.25, 0.3) is 0 Å². The maximum atomic E-state index is 4.22. The minimum atomic E-state index is 0.228. The van der Waals surface area contributed by atoms with Gasteiger partial charge in [0.15, 0.2) is 0 Å². The Bertz CT molecular complexity index is 683. The van der Waals surface area contributed by atoms with Crippen molar-refractivity contribution in [3.8, 4) is 0 Å². The number of nitrogens with one attached hydrogen (secondary N) is 1. The molecule has 3 aromatic rings. The molecular formula is C17H19N3S. The number of thiophene rings is 1. The number of benzene rings is 1. The Balaban J connectivity index is 1.81. The van der Waals surface area contributed by atoms with Gasteiger partial charge in [0.2, 0.25) is 0 Å². The molecule has 3 rings (SSSR count). The molecule has 2 heterocycles. The second-order valence-corrected chi connectivity index (χ2v) is 6.24. The standard InChI is InChI=1S/C17H19N3S/c1-13-5-7-15(8-6-13)17(16-4-3-9-21-16)18-10-14-11-19-20(2)12-14/h3-9,11-12,17-18H,10H2,1-2H3. The topological polar surface area (TPSA) is 29.9 Å². The van der Waals surface area contributed by atoms with Crippen molar-refractivity contribution in [1.29, 1.82) is 0 Å². The molecule has 0 saturated carbocycles. The van der Waals surface area contributed by atoms with Crippen molar-refractivity contribution in [3.05, 3.63) is 75.7 Å². The number of rotatable bonds is 5. The van der Waals surface area contributed by atoms with Crippen molar-refractivity contribution >= 4 is 11.3 Å². The van der Waals surface area contributed by atoms with Gasteiger partial charge in [-0.05, 0) is 23.9 Å². The van der Waals surface area contributed by atoms with Gasteiger partial charge in [-0.1, -0.05) is 35.9 Å². The summed E-state index contributed by atoms with van der Waals surface area (Å²) in [4.78, 5) is 1.34. The van der Waals surface area contributed by atoms with E-state index >= 15 is 0 Å². The lowest BCUT2D eigenvalue weighted by Gasteiger charge is -2.18. The van der Waals surface area contributed by atoms with Crippen molar-refractivity contribution in [2.45, 2.75) is 19.5 Å². The summed E-state index contributed by atoms with van der Waals surface area (Å²) >= 11 is 1.79. The highest BCUT2D eigenvalue weighted by Gasteiger charge is 2.14. The first-order valence-electron chi connectivity index (χ1n) is 7.03. The van der Waals surface area contributed by atoms with Gasteiger partial charge < -0.3 is 5.32 Å². The van der Waals surface area contributed by atoms with Crippen molar-refractivity contribution in [3.63, 3.8) is 0 Å². The van der Waals surface area contributed by atoms with Crippen LogP contribution in [-0.4, -0.2) is 9.78 Å². The van der Waals surface area contributed by atoms with Crippen LogP contribution in [0.5, 0.6) is 0 Å². The molecule has 0 aliphatic carbocycles. The Hall–Kier alpha value is -1.91. The highest BCUT2D eigenvalue weighted by atomic mass is 32.1. The molecule has 0 amide bonds. The molecule has 21 heavy (non-hydrogen) atoms. The van der Waals surface area contributed by atoms with Crippen LogP contribution in [0, 0.1) is 6.92 Å². The first kappa shape index (κ1) is 14.0. The van der Waals surface area contributed by atoms with Crippen LogP contribution in [-0.2, 0) is 13.6 Å². The molecule has 3 nitrogen and oxygen atoms in total. The molecule has 108 valence electrons. The van der Waals surface area contributed by atoms with Crippen LogP contribution < -0.4 is 5.32 Å². The summed E-state index contributed by atoms with van der Waals surface area (Å²) in [6.45, 7) is 2.93. The average molecular weight is 297 g/mol. The third-order valence-corrected chi connectivity index (χ3v) is 4.44. The average Bonchev–Trinajstić information content (AvgIpc) is 3.13. The second-order valence-electron chi connectivity index (χ2n) is 5.26. The Kier molecular flexibility index (Phi) is 4.18. The number of nitrogens with zero attached hydrogens (tertiary/aromatic N) is 2. The lowest BCUT2D eigenvalue weighted by atomic mass is 10.0. The van der Waals surface area contributed by atoms with Gasteiger partial charge in [0.05, 0.1) is 12.2 Å². The minimum Gasteiger partial charge on any atom is -0.301 e. The number of hydrogen-bond acceptors (Lipinski definition) is 3. The van der Waals surface area contributed by atoms with Gasteiger partial charge in [-0.2, -0.15) is 5.10 Å². The van der Waals surface area contributed by atoms with Gasteiger partial charge in [0, 0.05) is 30.2 Å². The minimum absolute atomic E-state index is 0.228. The second kappa shape index (κ2) is 6.24. The summed E-state index contributed by atoms with van der Waals surface area (Å²) in [7, 11) is 1.94. The van der Waals surface area contributed by atoms with Crippen LogP contribution in [0.1, 0.15) is 27.6 Å². The highest BCUT2D eigenvalue weighted by molar-refractivity contribution is 7.10. The van der Waals surface area contributed by atoms with Crippen LogP contribution in [0.25, 0.3) is 0 Å². The maximum absolute atomic E-state index is 4.22. The molecule has 0 bridgehead atoms. The van der Waals surface area contributed by atoms with Gasteiger partial charge in [-0.3, -0.25) is 4.68 Å². The first-order chi connectivity index (χ1) is 10.2. The summed E-state index contributed by atoms with van der Waals surface area (Å²) in [5, 5.41) is 9.99. The number of aryl methyl sites for hydroxylation is 2. The molecule has 1 unspecified atom stereocenters. The van der Waals surface area contributed by atoms with Crippen molar-refractivity contribution in [1.82, 2.24) is 15.1 Å². The molecule has 4 heteroatoms. The summed E-state index contributed by atoms with van der Waals surface area (Å²) in [6, 6.07) is 13.3. The van der Waals surface area contributed by atoms with Crippen LogP contribution >= 0.6 is 11.3 Å². The van der Waals surface area contributed by atoms with Crippen LogP contribution in [0.2, 0.25) is 0 Å². The fraction of sp³-hybridized carbons (Fsp3) is 0.235. The molecule has 0 spiro atoms. The van der Waals surface area contributed by atoms with E-state index in [9.17, 15) is 0 Å². The zero-order valence-electron chi connectivity index (χ0n) is 12.3. The SMILES string of the molecule is Cc1ccc(C(NCc2cnn(C)c2)c2cccs2)cc1. The van der Waals surface area contributed by atoms with Crippen LogP contribution in [0.3, 0.4) is 0 Å². The Morgan fingerprint density at radius 3 is 2.67 bits per heavy atom. The van der Waals surface area contributed by atoms with Crippen molar-refractivity contribution in [2.75, 3.05) is 0 Å². The summed E-state index contributed by atoms with van der Waals surface area (Å²) < 4.78 is 1.84. The fourth-order valence-electron chi connectivity index (χ4n) is 2.38. The molecule has 0 fully saturated rings. The molecule has 0 saturated heterocycles. The molecule has 0 aliphatic heterocycles. The van der Waals surface area contributed by atoms with E-state index in [4.69, 9.17) is 0 Å². The van der Waals surface area contributed by atoms with Crippen molar-refractivity contribution in [2.24, 2.45) is 7.05 Å². The fourth-order valence-corrected chi connectivity index (χ4v) is 3.21. The predicted molar refractivity (Wildman–Crippen MR) is 87.4 cm³/mol. The zero-order chi connectivity index (χ0) is 14.7. The van der Waals surface area contributed by atoms with Gasteiger partial charge in [-0.15, -0.1) is 11.3 Å². The summed E-state index contributed by atoms with van der Waals surface area (Å²) in [5.74, 6) is 0. The molecule has 1 N–H and O–H groups in total. The Morgan fingerprint density at radius 1 is 1.24 bits per heavy atom. The number of aromatic nitrogens is 2. The lowest BCUT2D eigenvalue weighted by molar-refractivity contribution is 0.612. The van der Waals surface area contributed by atoms with E-state index in [0.717, 1.165) is 6.54 Å². The van der Waals surface area contributed by atoms with E-state index < -0.39 is 0 Å². The maximum Gasteiger partial charge on any atom is 0.0673 e. The van der Waals surface area contributed by atoms with E-state index in [1.165, 1.54) is 21.6 Å². The van der Waals surface area contributed by atoms with E-state index in [1.54, 1.807) is 11.3 Å². The van der Waals surface area contributed by atoms with Gasteiger partial charge in [-0.25, -0.2) is 0 Å². The normalized spacial score (nSPS) is 12.5. The summed E-state index contributed by atoms with van der Waals surface area (Å²) in [5.41, 5.74) is 3.79. The zero-order valence-corrected chi connectivity index (χ0v) is 13.1. The molecule has 1 aromatic carbocycles. The quantitative estimate of drug-likeness (QED) is 0.778. The Labute approximate surface area is 129 Å². The third kappa shape index (κ3) is 3.40. The monoisotopic (exact) mass is 297 g/mol. The molecular weight excluding hydrogens is 278 g/mol. The molecule has 0 aliphatic rings. The lowest BCUT2D eigenvalue weighted by Crippen LogP contribution is -2.21. The van der Waals surface area contributed by atoms with Crippen molar-refractivity contribution < 1.29 is 0 Å². The predicted octanol–water partition coefficient (Wildman–Crippen LogP) is 3.67. The van der Waals surface area contributed by atoms with Gasteiger partial charge >= 0.3 is 0 Å². The van der Waals surface area contributed by atoms with E-state index in [2.05, 4.69) is 59.1 Å². The van der Waals surface area contributed by atoms with E-state index in [0.29, 0.717) is 0 Å². The molecule has 1 atom stereocenters. The largest absolute Gasteiger partial charge is 0.301 e. The van der Waals surface area contributed by atoms with E-state index in [1.807, 2.05) is 24.1 Å².